The van der Waals surface area contributed by atoms with Crippen molar-refractivity contribution in [1.82, 2.24) is 9.97 Å². The van der Waals surface area contributed by atoms with Crippen molar-refractivity contribution in [3.8, 4) is 0 Å². The number of Topliss-reactive ketones (excluding diaryl/α,β-unsaturated/α-hetero) is 1. The molecule has 1 atom stereocenters. The van der Waals surface area contributed by atoms with Crippen LogP contribution in [0.15, 0.2) is 57.8 Å². The highest BCUT2D eigenvalue weighted by atomic mass is 32.2. The fraction of sp³-hybridized carbons (Fsp3) is 0.250. The number of aromatic nitrogens is 2. The van der Waals surface area contributed by atoms with Gasteiger partial charge in [0.15, 0.2) is 5.78 Å². The SMILES string of the molecule is CCOC(=O)C(N=Nc1ccc(S(=O)(=O)Nc2ncccn2)cc1)C(C)=O. The standard InChI is InChI=1S/C16H17N5O5S/c1-3-26-15(23)14(11(2)22)20-19-12-5-7-13(8-6-12)27(24,25)21-16-17-9-4-10-18-16/h4-10,14H,3H2,1-2H3,(H,17,18,21). The van der Waals surface area contributed by atoms with Crippen molar-refractivity contribution in [1.29, 1.82) is 0 Å². The first-order chi connectivity index (χ1) is 12.8. The highest BCUT2D eigenvalue weighted by Crippen LogP contribution is 2.19. The molecule has 1 N–H and O–H groups in total. The molecule has 2 rings (SSSR count). The van der Waals surface area contributed by atoms with Crippen LogP contribution in [0.4, 0.5) is 11.6 Å². The van der Waals surface area contributed by atoms with E-state index in [0.29, 0.717) is 0 Å². The molecule has 0 bridgehead atoms. The first-order valence-corrected chi connectivity index (χ1v) is 9.29. The molecule has 11 heteroatoms. The number of ether oxygens (including phenoxy) is 1. The molecule has 1 aromatic carbocycles. The van der Waals surface area contributed by atoms with Crippen LogP contribution in [0.2, 0.25) is 0 Å². The Hall–Kier alpha value is -3.21. The Labute approximate surface area is 155 Å². The maximum absolute atomic E-state index is 12.3. The minimum Gasteiger partial charge on any atom is -0.464 e. The highest BCUT2D eigenvalue weighted by Gasteiger charge is 2.24. The molecule has 2 aromatic rings. The predicted molar refractivity (Wildman–Crippen MR) is 94.9 cm³/mol. The molecule has 0 saturated heterocycles. The molecule has 0 amide bonds. The number of benzene rings is 1. The summed E-state index contributed by atoms with van der Waals surface area (Å²) in [6, 6.07) is 5.56. The van der Waals surface area contributed by atoms with Gasteiger partial charge in [-0.1, -0.05) is 0 Å². The third-order valence-corrected chi connectivity index (χ3v) is 4.47. The van der Waals surface area contributed by atoms with Gasteiger partial charge in [0, 0.05) is 12.4 Å². The Balaban J connectivity index is 2.14. The summed E-state index contributed by atoms with van der Waals surface area (Å²) in [5.41, 5.74) is 0.264. The number of nitrogens with zero attached hydrogens (tertiary/aromatic N) is 4. The van der Waals surface area contributed by atoms with Gasteiger partial charge in [0.1, 0.15) is 0 Å². The van der Waals surface area contributed by atoms with E-state index in [0.717, 1.165) is 0 Å². The van der Waals surface area contributed by atoms with E-state index in [1.54, 1.807) is 13.0 Å². The molecule has 27 heavy (non-hydrogen) atoms. The molecule has 1 unspecified atom stereocenters. The largest absolute Gasteiger partial charge is 0.464 e. The number of anilines is 1. The van der Waals surface area contributed by atoms with Gasteiger partial charge in [-0.05, 0) is 44.2 Å². The number of carbonyl (C=O) groups is 2. The normalized spacial score (nSPS) is 12.5. The van der Waals surface area contributed by atoms with Gasteiger partial charge in [-0.2, -0.15) is 10.2 Å². The van der Waals surface area contributed by atoms with Crippen molar-refractivity contribution in [3.05, 3.63) is 42.7 Å². The summed E-state index contributed by atoms with van der Waals surface area (Å²) in [4.78, 5) is 30.7. The van der Waals surface area contributed by atoms with Crippen LogP contribution in [-0.2, 0) is 24.3 Å². The molecule has 0 fully saturated rings. The lowest BCUT2D eigenvalue weighted by molar-refractivity contribution is -0.147. The average Bonchev–Trinajstić information content (AvgIpc) is 2.63. The smallest absolute Gasteiger partial charge is 0.340 e. The third-order valence-electron chi connectivity index (χ3n) is 3.12. The molecule has 142 valence electrons. The van der Waals surface area contributed by atoms with E-state index in [4.69, 9.17) is 4.74 Å². The molecule has 0 saturated carbocycles. The molecule has 10 nitrogen and oxygen atoms in total. The fourth-order valence-corrected chi connectivity index (χ4v) is 2.82. The Bertz CT molecular complexity index is 929. The summed E-state index contributed by atoms with van der Waals surface area (Å²) in [5, 5.41) is 7.49. The summed E-state index contributed by atoms with van der Waals surface area (Å²) < 4.78 is 31.6. The van der Waals surface area contributed by atoms with Crippen LogP contribution in [-0.4, -0.2) is 42.8 Å². The van der Waals surface area contributed by atoms with E-state index in [1.165, 1.54) is 43.6 Å². The maximum atomic E-state index is 12.3. The molecular formula is C16H17N5O5S. The van der Waals surface area contributed by atoms with Crippen LogP contribution in [0.5, 0.6) is 0 Å². The van der Waals surface area contributed by atoms with Gasteiger partial charge in [0.05, 0.1) is 17.2 Å². The maximum Gasteiger partial charge on any atom is 0.340 e. The minimum absolute atomic E-state index is 0.0394. The quantitative estimate of drug-likeness (QED) is 0.411. The van der Waals surface area contributed by atoms with Crippen LogP contribution in [0.25, 0.3) is 0 Å². The van der Waals surface area contributed by atoms with E-state index in [9.17, 15) is 18.0 Å². The first kappa shape index (κ1) is 20.1. The van der Waals surface area contributed by atoms with Gasteiger partial charge < -0.3 is 4.74 Å². The number of hydrogen-bond donors (Lipinski definition) is 1. The van der Waals surface area contributed by atoms with Crippen molar-refractivity contribution < 1.29 is 22.7 Å². The van der Waals surface area contributed by atoms with Crippen LogP contribution in [0, 0.1) is 0 Å². The zero-order valence-corrected chi connectivity index (χ0v) is 15.4. The van der Waals surface area contributed by atoms with Crippen LogP contribution < -0.4 is 4.72 Å². The highest BCUT2D eigenvalue weighted by molar-refractivity contribution is 7.92. The molecule has 1 aromatic heterocycles. The molecule has 0 aliphatic rings. The van der Waals surface area contributed by atoms with Crippen molar-refractivity contribution in [3.63, 3.8) is 0 Å². The number of esters is 1. The Kier molecular flexibility index (Phi) is 6.66. The van der Waals surface area contributed by atoms with Gasteiger partial charge in [0.25, 0.3) is 10.0 Å². The van der Waals surface area contributed by atoms with Crippen molar-refractivity contribution in [2.75, 3.05) is 11.3 Å². The van der Waals surface area contributed by atoms with Gasteiger partial charge in [-0.15, -0.1) is 0 Å². The summed E-state index contributed by atoms with van der Waals surface area (Å²) in [7, 11) is -3.87. The van der Waals surface area contributed by atoms with Gasteiger partial charge in [-0.3, -0.25) is 4.79 Å². The monoisotopic (exact) mass is 391 g/mol. The summed E-state index contributed by atoms with van der Waals surface area (Å²) in [5.74, 6) is -1.36. The number of sulfonamides is 1. The summed E-state index contributed by atoms with van der Waals surface area (Å²) in [6.45, 7) is 2.93. The lowest BCUT2D eigenvalue weighted by Crippen LogP contribution is -2.28. The van der Waals surface area contributed by atoms with E-state index in [1.807, 2.05) is 0 Å². The van der Waals surface area contributed by atoms with Crippen molar-refractivity contribution >= 4 is 33.4 Å². The lowest BCUT2D eigenvalue weighted by Gasteiger charge is -2.07. The molecule has 0 radical (unpaired) electrons. The number of azo groups is 1. The second kappa shape index (κ2) is 8.94. The summed E-state index contributed by atoms with van der Waals surface area (Å²) >= 11 is 0. The van der Waals surface area contributed by atoms with Gasteiger partial charge in [-0.25, -0.2) is 27.9 Å². The zero-order chi connectivity index (χ0) is 19.9. The predicted octanol–water partition coefficient (Wildman–Crippen LogP) is 1.88. The Morgan fingerprint density at radius 2 is 1.81 bits per heavy atom. The lowest BCUT2D eigenvalue weighted by atomic mass is 10.2. The minimum atomic E-state index is -3.87. The number of nitrogens with one attached hydrogen (secondary N) is 1. The van der Waals surface area contributed by atoms with E-state index >= 15 is 0 Å². The Morgan fingerprint density at radius 3 is 2.37 bits per heavy atom. The van der Waals surface area contributed by atoms with Crippen molar-refractivity contribution in [2.45, 2.75) is 24.8 Å². The van der Waals surface area contributed by atoms with Gasteiger partial charge >= 0.3 is 5.97 Å². The third kappa shape index (κ3) is 5.64. The molecule has 0 aliphatic carbocycles. The van der Waals surface area contributed by atoms with Gasteiger partial charge in [0.2, 0.25) is 12.0 Å². The fourth-order valence-electron chi connectivity index (χ4n) is 1.86. The molecule has 0 aliphatic heterocycles. The Morgan fingerprint density at radius 1 is 1.19 bits per heavy atom. The summed E-state index contributed by atoms with van der Waals surface area (Å²) in [6.07, 6.45) is 2.81. The number of ketones is 1. The van der Waals surface area contributed by atoms with Crippen LogP contribution in [0.1, 0.15) is 13.8 Å². The molecule has 1 heterocycles. The first-order valence-electron chi connectivity index (χ1n) is 7.81. The number of rotatable bonds is 8. The second-order valence-corrected chi connectivity index (χ2v) is 6.83. The number of hydrogen-bond acceptors (Lipinski definition) is 9. The van der Waals surface area contributed by atoms with Crippen molar-refractivity contribution in [2.24, 2.45) is 10.2 Å². The second-order valence-electron chi connectivity index (χ2n) is 5.15. The van der Waals surface area contributed by atoms with E-state index in [2.05, 4.69) is 24.9 Å². The van der Waals surface area contributed by atoms with E-state index < -0.39 is 27.8 Å². The van der Waals surface area contributed by atoms with E-state index in [-0.39, 0.29) is 23.1 Å². The van der Waals surface area contributed by atoms with Crippen LogP contribution in [0.3, 0.4) is 0 Å². The average molecular weight is 391 g/mol. The zero-order valence-electron chi connectivity index (χ0n) is 14.6. The topological polar surface area (TPSA) is 140 Å². The van der Waals surface area contributed by atoms with Crippen LogP contribution >= 0.6 is 0 Å². The molecular weight excluding hydrogens is 374 g/mol. The molecule has 0 spiro atoms. The number of carbonyl (C=O) groups excluding carboxylic acids is 2.